The van der Waals surface area contributed by atoms with Crippen molar-refractivity contribution in [3.05, 3.63) is 0 Å². The highest BCUT2D eigenvalue weighted by Crippen LogP contribution is 2.46. The number of ketones is 1. The minimum atomic E-state index is -0.523. The van der Waals surface area contributed by atoms with Crippen LogP contribution >= 0.6 is 0 Å². The minimum absolute atomic E-state index is 0.0752. The second-order valence-corrected chi connectivity index (χ2v) is 7.04. The molecule has 4 nitrogen and oxygen atoms in total. The van der Waals surface area contributed by atoms with Crippen molar-refractivity contribution in [1.82, 2.24) is 5.32 Å². The summed E-state index contributed by atoms with van der Waals surface area (Å²) in [6.45, 7) is 9.90. The van der Waals surface area contributed by atoms with E-state index < -0.39 is 11.7 Å². The lowest BCUT2D eigenvalue weighted by atomic mass is 9.63. The number of hydrogen-bond donors (Lipinski definition) is 1. The second-order valence-electron chi connectivity index (χ2n) is 7.04. The normalized spacial score (nSPS) is 18.9. The zero-order valence-electron chi connectivity index (χ0n) is 12.1. The van der Waals surface area contributed by atoms with Crippen LogP contribution in [0.2, 0.25) is 0 Å². The summed E-state index contributed by atoms with van der Waals surface area (Å²) < 4.78 is 5.06. The van der Waals surface area contributed by atoms with Gasteiger partial charge in [0.2, 0.25) is 0 Å². The van der Waals surface area contributed by atoms with Crippen molar-refractivity contribution in [2.75, 3.05) is 6.54 Å². The largest absolute Gasteiger partial charge is 0.444 e. The van der Waals surface area contributed by atoms with Crippen molar-refractivity contribution < 1.29 is 14.3 Å². The minimum Gasteiger partial charge on any atom is -0.444 e. The number of hydrogen-bond acceptors (Lipinski definition) is 3. The highest BCUT2D eigenvalue weighted by molar-refractivity contribution is 5.84. The summed E-state index contributed by atoms with van der Waals surface area (Å²) in [5.74, 6) is 0.578. The van der Waals surface area contributed by atoms with Crippen LogP contribution < -0.4 is 5.32 Å². The number of ether oxygens (including phenoxy) is 1. The fourth-order valence-electron chi connectivity index (χ4n) is 2.53. The summed E-state index contributed by atoms with van der Waals surface area (Å²) in [5.41, 5.74) is -0.130. The highest BCUT2D eigenvalue weighted by atomic mass is 16.6. The van der Waals surface area contributed by atoms with Crippen molar-refractivity contribution in [3.8, 4) is 0 Å². The Balaban J connectivity index is 2.16. The first-order valence-corrected chi connectivity index (χ1v) is 6.56. The molecule has 0 radical (unpaired) electrons. The number of carbonyl (C=O) groups is 2. The topological polar surface area (TPSA) is 55.4 Å². The van der Waals surface area contributed by atoms with Crippen molar-refractivity contribution in [2.24, 2.45) is 11.3 Å². The van der Waals surface area contributed by atoms with Gasteiger partial charge in [-0.25, -0.2) is 4.79 Å². The van der Waals surface area contributed by atoms with Crippen LogP contribution in [0.1, 0.15) is 53.9 Å². The van der Waals surface area contributed by atoms with E-state index in [0.717, 1.165) is 12.8 Å². The molecule has 1 N–H and O–H groups in total. The molecule has 0 atom stereocenters. The lowest BCUT2D eigenvalue weighted by molar-refractivity contribution is -0.120. The van der Waals surface area contributed by atoms with E-state index in [4.69, 9.17) is 4.74 Å². The van der Waals surface area contributed by atoms with E-state index in [-0.39, 0.29) is 12.3 Å². The summed E-state index contributed by atoms with van der Waals surface area (Å²) in [7, 11) is 0. The predicted molar refractivity (Wildman–Crippen MR) is 70.4 cm³/mol. The number of amides is 1. The standard InChI is InChI=1S/C14H25NO3/c1-13(2,3)18-12(17)15-9-11(16)6-10-7-14(4,5)8-10/h10H,6-9H2,1-5H3,(H,15,17). The first-order chi connectivity index (χ1) is 8.07. The van der Waals surface area contributed by atoms with E-state index in [2.05, 4.69) is 19.2 Å². The van der Waals surface area contributed by atoms with Gasteiger partial charge in [0.05, 0.1) is 6.54 Å². The summed E-state index contributed by atoms with van der Waals surface area (Å²) in [6, 6.07) is 0. The Morgan fingerprint density at radius 2 is 1.83 bits per heavy atom. The lowest BCUT2D eigenvalue weighted by Crippen LogP contribution is -2.38. The maximum atomic E-state index is 11.7. The number of nitrogens with one attached hydrogen (secondary N) is 1. The molecule has 0 unspecified atom stereocenters. The molecule has 0 aliphatic heterocycles. The van der Waals surface area contributed by atoms with Crippen molar-refractivity contribution >= 4 is 11.9 Å². The van der Waals surface area contributed by atoms with E-state index in [1.165, 1.54) is 0 Å². The van der Waals surface area contributed by atoms with Gasteiger partial charge in [-0.1, -0.05) is 13.8 Å². The maximum absolute atomic E-state index is 11.7. The van der Waals surface area contributed by atoms with Gasteiger partial charge in [-0.15, -0.1) is 0 Å². The average molecular weight is 255 g/mol. The molecule has 1 amide bonds. The Bertz CT molecular complexity index is 320. The van der Waals surface area contributed by atoms with E-state index in [9.17, 15) is 9.59 Å². The average Bonchev–Trinajstić information content (AvgIpc) is 2.09. The van der Waals surface area contributed by atoms with Gasteiger partial charge in [0, 0.05) is 6.42 Å². The molecule has 1 aliphatic rings. The third kappa shape index (κ3) is 5.52. The van der Waals surface area contributed by atoms with Gasteiger partial charge in [-0.2, -0.15) is 0 Å². The number of carbonyl (C=O) groups excluding carboxylic acids is 2. The molecule has 0 aromatic heterocycles. The highest BCUT2D eigenvalue weighted by Gasteiger charge is 2.36. The van der Waals surface area contributed by atoms with Crippen LogP contribution in [0.15, 0.2) is 0 Å². The smallest absolute Gasteiger partial charge is 0.408 e. The molecular formula is C14H25NO3. The first kappa shape index (κ1) is 15.0. The fraction of sp³-hybridized carbons (Fsp3) is 0.857. The molecule has 1 aliphatic carbocycles. The van der Waals surface area contributed by atoms with Crippen LogP contribution in [0.4, 0.5) is 4.79 Å². The van der Waals surface area contributed by atoms with Gasteiger partial charge in [0.15, 0.2) is 5.78 Å². The van der Waals surface area contributed by atoms with Crippen molar-refractivity contribution in [3.63, 3.8) is 0 Å². The molecule has 18 heavy (non-hydrogen) atoms. The van der Waals surface area contributed by atoms with Gasteiger partial charge in [-0.3, -0.25) is 4.79 Å². The van der Waals surface area contributed by atoms with Gasteiger partial charge in [0.25, 0.3) is 0 Å². The Kier molecular flexibility index (Phi) is 4.41. The van der Waals surface area contributed by atoms with Crippen LogP contribution in [0.5, 0.6) is 0 Å². The first-order valence-electron chi connectivity index (χ1n) is 6.56. The summed E-state index contributed by atoms with van der Waals surface area (Å²) in [5, 5.41) is 2.50. The van der Waals surface area contributed by atoms with E-state index in [1.54, 1.807) is 20.8 Å². The van der Waals surface area contributed by atoms with Crippen LogP contribution in [0.3, 0.4) is 0 Å². The number of rotatable bonds is 4. The van der Waals surface area contributed by atoms with Gasteiger partial charge >= 0.3 is 6.09 Å². The molecule has 0 heterocycles. The zero-order chi connectivity index (χ0) is 14.0. The monoisotopic (exact) mass is 255 g/mol. The van der Waals surface area contributed by atoms with E-state index in [0.29, 0.717) is 17.8 Å². The summed E-state index contributed by atoms with van der Waals surface area (Å²) in [6.07, 6.45) is 2.25. The zero-order valence-corrected chi connectivity index (χ0v) is 12.1. The second kappa shape index (κ2) is 5.29. The third-order valence-corrected chi connectivity index (χ3v) is 3.03. The fourth-order valence-corrected chi connectivity index (χ4v) is 2.53. The molecular weight excluding hydrogens is 230 g/mol. The molecule has 1 saturated carbocycles. The molecule has 0 aromatic rings. The molecule has 1 fully saturated rings. The van der Waals surface area contributed by atoms with Gasteiger partial charge in [-0.05, 0) is 44.9 Å². The maximum Gasteiger partial charge on any atom is 0.408 e. The summed E-state index contributed by atoms with van der Waals surface area (Å²) >= 11 is 0. The van der Waals surface area contributed by atoms with Crippen LogP contribution in [0, 0.1) is 11.3 Å². The van der Waals surface area contributed by atoms with Crippen molar-refractivity contribution in [2.45, 2.75) is 59.5 Å². The third-order valence-electron chi connectivity index (χ3n) is 3.03. The molecule has 104 valence electrons. The Labute approximate surface area is 109 Å². The molecule has 0 spiro atoms. The van der Waals surface area contributed by atoms with Crippen LogP contribution in [-0.4, -0.2) is 24.0 Å². The lowest BCUT2D eigenvalue weighted by Gasteiger charge is -2.42. The van der Waals surface area contributed by atoms with Gasteiger partial charge in [0.1, 0.15) is 5.60 Å². The Morgan fingerprint density at radius 3 is 2.28 bits per heavy atom. The van der Waals surface area contributed by atoms with Crippen LogP contribution in [-0.2, 0) is 9.53 Å². The SMILES string of the molecule is CC1(C)CC(CC(=O)CNC(=O)OC(C)(C)C)C1. The van der Waals surface area contributed by atoms with Gasteiger partial charge < -0.3 is 10.1 Å². The van der Waals surface area contributed by atoms with Crippen LogP contribution in [0.25, 0.3) is 0 Å². The summed E-state index contributed by atoms with van der Waals surface area (Å²) in [4.78, 5) is 23.0. The van der Waals surface area contributed by atoms with E-state index in [1.807, 2.05) is 0 Å². The molecule has 1 rings (SSSR count). The molecule has 0 bridgehead atoms. The molecule has 4 heteroatoms. The predicted octanol–water partition coefficient (Wildman–Crippen LogP) is 2.91. The quantitative estimate of drug-likeness (QED) is 0.840. The van der Waals surface area contributed by atoms with E-state index >= 15 is 0 Å². The molecule has 0 aromatic carbocycles. The Morgan fingerprint density at radius 1 is 1.28 bits per heavy atom. The van der Waals surface area contributed by atoms with Crippen molar-refractivity contribution in [1.29, 1.82) is 0 Å². The number of alkyl carbamates (subject to hydrolysis) is 1. The molecule has 0 saturated heterocycles. The number of Topliss-reactive ketones (excluding diaryl/α,β-unsaturated/α-hetero) is 1. The Hall–Kier alpha value is -1.06.